The first-order chi connectivity index (χ1) is 17.3. The second-order valence-electron chi connectivity index (χ2n) is 7.23. The van der Waals surface area contributed by atoms with E-state index in [0.717, 1.165) is 28.2 Å². The van der Waals surface area contributed by atoms with Gasteiger partial charge in [-0.1, -0.05) is 34.6 Å². The second-order valence-corrected chi connectivity index (χ2v) is 10.4. The Kier molecular flexibility index (Phi) is 18.4. The van der Waals surface area contributed by atoms with Crippen LogP contribution < -0.4 is 4.90 Å². The molecule has 37 heavy (non-hydrogen) atoms. The molecule has 2 aromatic rings. The van der Waals surface area contributed by atoms with E-state index in [9.17, 15) is 16.8 Å². The fourth-order valence-electron chi connectivity index (χ4n) is 2.85. The number of rotatable bonds is 10. The maximum absolute atomic E-state index is 11.7. The summed E-state index contributed by atoms with van der Waals surface area (Å²) in [5.74, 6) is 0.188. The molecule has 0 bridgehead atoms. The lowest BCUT2D eigenvalue weighted by atomic mass is 10.1. The molecule has 9 nitrogen and oxygen atoms in total. The zero-order valence-electron chi connectivity index (χ0n) is 23.4. The SMILES string of the molecule is C=Nc1ccc(N(C)CCOS(=O)(=O)O)cc1C.C=Nc1ccc(S(=O)(=O)CCC)cc1C.CC.CC. The first kappa shape index (κ1) is 36.6. The van der Waals surface area contributed by atoms with E-state index in [2.05, 4.69) is 27.6 Å². The number of sulfone groups is 1. The van der Waals surface area contributed by atoms with E-state index in [4.69, 9.17) is 4.55 Å². The van der Waals surface area contributed by atoms with Crippen LogP contribution in [0.4, 0.5) is 17.1 Å². The summed E-state index contributed by atoms with van der Waals surface area (Å²) in [7, 11) is -5.70. The topological polar surface area (TPSA) is 126 Å². The van der Waals surface area contributed by atoms with Crippen LogP contribution in [0.15, 0.2) is 51.3 Å². The van der Waals surface area contributed by atoms with E-state index < -0.39 is 20.2 Å². The third-order valence-corrected chi connectivity index (χ3v) is 7.00. The highest BCUT2D eigenvalue weighted by Crippen LogP contribution is 2.24. The van der Waals surface area contributed by atoms with Gasteiger partial charge in [0, 0.05) is 19.3 Å². The monoisotopic (exact) mass is 557 g/mol. The van der Waals surface area contributed by atoms with Gasteiger partial charge in [-0.05, 0) is 81.2 Å². The lowest BCUT2D eigenvalue weighted by Gasteiger charge is -2.19. The molecule has 0 atom stereocenters. The van der Waals surface area contributed by atoms with Gasteiger partial charge in [-0.3, -0.25) is 14.5 Å². The van der Waals surface area contributed by atoms with Crippen LogP contribution in [-0.4, -0.2) is 60.8 Å². The van der Waals surface area contributed by atoms with E-state index in [1.165, 1.54) is 0 Å². The number of hydrogen-bond acceptors (Lipinski definition) is 8. The van der Waals surface area contributed by atoms with Gasteiger partial charge in [0.1, 0.15) is 0 Å². The average Bonchev–Trinajstić information content (AvgIpc) is 2.86. The van der Waals surface area contributed by atoms with Crippen molar-refractivity contribution in [2.75, 3.05) is 30.9 Å². The number of anilines is 1. The summed E-state index contributed by atoms with van der Waals surface area (Å²) in [4.78, 5) is 9.83. The van der Waals surface area contributed by atoms with Crippen LogP contribution in [0.5, 0.6) is 0 Å². The molecule has 0 aliphatic rings. The molecule has 0 unspecified atom stereocenters. The number of aliphatic imine (C=N–C) groups is 2. The van der Waals surface area contributed by atoms with Crippen molar-refractivity contribution in [3.05, 3.63) is 47.5 Å². The summed E-state index contributed by atoms with van der Waals surface area (Å²) in [5, 5.41) is 0. The Labute approximate surface area is 224 Å². The van der Waals surface area contributed by atoms with Crippen LogP contribution in [0.1, 0.15) is 52.2 Å². The minimum atomic E-state index is -4.37. The maximum Gasteiger partial charge on any atom is 0.397 e. The summed E-state index contributed by atoms with van der Waals surface area (Å²) in [6, 6.07) is 10.5. The lowest BCUT2D eigenvalue weighted by molar-refractivity contribution is 0.274. The minimum absolute atomic E-state index is 0.115. The molecule has 210 valence electrons. The summed E-state index contributed by atoms with van der Waals surface area (Å²) >= 11 is 0. The third kappa shape index (κ3) is 14.1. The molecule has 0 spiro atoms. The van der Waals surface area contributed by atoms with Crippen molar-refractivity contribution in [3.63, 3.8) is 0 Å². The summed E-state index contributed by atoms with van der Waals surface area (Å²) < 4.78 is 56.9. The number of likely N-dealkylation sites (N-methyl/N-ethyl adjacent to an activating group) is 1. The van der Waals surface area contributed by atoms with Crippen molar-refractivity contribution in [1.82, 2.24) is 0 Å². The van der Waals surface area contributed by atoms with Crippen LogP contribution in [0.25, 0.3) is 0 Å². The van der Waals surface area contributed by atoms with E-state index in [0.29, 0.717) is 17.9 Å². The molecule has 2 rings (SSSR count). The highest BCUT2D eigenvalue weighted by molar-refractivity contribution is 7.91. The highest BCUT2D eigenvalue weighted by atomic mass is 32.3. The van der Waals surface area contributed by atoms with Crippen molar-refractivity contribution < 1.29 is 25.6 Å². The Hall–Kier alpha value is -2.60. The Bertz CT molecular complexity index is 1180. The van der Waals surface area contributed by atoms with Crippen LogP contribution in [0, 0.1) is 13.8 Å². The predicted octanol–water partition coefficient (Wildman–Crippen LogP) is 6.15. The molecule has 0 saturated carbocycles. The number of nitrogens with zero attached hydrogens (tertiary/aromatic N) is 3. The predicted molar refractivity (Wildman–Crippen MR) is 157 cm³/mol. The number of aryl methyl sites for hydroxylation is 2. The van der Waals surface area contributed by atoms with Crippen LogP contribution in [0.2, 0.25) is 0 Å². The van der Waals surface area contributed by atoms with E-state index in [1.54, 1.807) is 25.2 Å². The normalized spacial score (nSPS) is 10.4. The summed E-state index contributed by atoms with van der Waals surface area (Å²) in [6.07, 6.45) is 0.628. The van der Waals surface area contributed by atoms with Gasteiger partial charge in [0.25, 0.3) is 0 Å². The molecule has 0 aromatic heterocycles. The Morgan fingerprint density at radius 2 is 1.38 bits per heavy atom. The summed E-state index contributed by atoms with van der Waals surface area (Å²) in [5.41, 5.74) is 4.25. The number of hydrogen-bond donors (Lipinski definition) is 1. The minimum Gasteiger partial charge on any atom is -0.372 e. The number of benzene rings is 2. The molecule has 11 heteroatoms. The molecule has 0 heterocycles. The van der Waals surface area contributed by atoms with Gasteiger partial charge in [-0.25, -0.2) is 12.6 Å². The molecule has 0 radical (unpaired) electrons. The van der Waals surface area contributed by atoms with Crippen molar-refractivity contribution in [1.29, 1.82) is 0 Å². The van der Waals surface area contributed by atoms with Gasteiger partial charge in [0.15, 0.2) is 9.84 Å². The van der Waals surface area contributed by atoms with Gasteiger partial charge in [-0.2, -0.15) is 8.42 Å². The lowest BCUT2D eigenvalue weighted by Crippen LogP contribution is -2.23. The van der Waals surface area contributed by atoms with Gasteiger partial charge in [-0.15, -0.1) is 0 Å². The molecule has 0 aliphatic carbocycles. The van der Waals surface area contributed by atoms with Crippen molar-refractivity contribution >= 4 is 50.7 Å². The zero-order valence-corrected chi connectivity index (χ0v) is 25.0. The zero-order chi connectivity index (χ0) is 29.2. The molecule has 0 saturated heterocycles. The third-order valence-electron chi connectivity index (χ3n) is 4.62. The smallest absolute Gasteiger partial charge is 0.372 e. The van der Waals surface area contributed by atoms with Crippen LogP contribution in [-0.2, 0) is 24.4 Å². The van der Waals surface area contributed by atoms with Crippen LogP contribution >= 0.6 is 0 Å². The maximum atomic E-state index is 11.7. The van der Waals surface area contributed by atoms with Gasteiger partial charge < -0.3 is 4.90 Å². The van der Waals surface area contributed by atoms with Gasteiger partial charge in [0.05, 0.1) is 28.6 Å². The van der Waals surface area contributed by atoms with E-state index in [-0.39, 0.29) is 12.4 Å². The Morgan fingerprint density at radius 1 is 0.892 bits per heavy atom. The Morgan fingerprint density at radius 3 is 1.78 bits per heavy atom. The average molecular weight is 558 g/mol. The molecular weight excluding hydrogens is 514 g/mol. The molecular formula is C26H43N3O6S2. The van der Waals surface area contributed by atoms with Crippen molar-refractivity contribution in [2.24, 2.45) is 9.98 Å². The van der Waals surface area contributed by atoms with Crippen molar-refractivity contribution in [3.8, 4) is 0 Å². The summed E-state index contributed by atoms with van der Waals surface area (Å²) in [6.45, 7) is 20.7. The molecule has 0 amide bonds. The van der Waals surface area contributed by atoms with Crippen LogP contribution in [0.3, 0.4) is 0 Å². The highest BCUT2D eigenvalue weighted by Gasteiger charge is 2.13. The Balaban J connectivity index is 0. The molecule has 1 N–H and O–H groups in total. The van der Waals surface area contributed by atoms with Gasteiger partial charge >= 0.3 is 10.4 Å². The largest absolute Gasteiger partial charge is 0.397 e. The fourth-order valence-corrected chi connectivity index (χ4v) is 4.54. The van der Waals surface area contributed by atoms with E-state index >= 15 is 0 Å². The van der Waals surface area contributed by atoms with Gasteiger partial charge in [0.2, 0.25) is 0 Å². The second kappa shape index (κ2) is 18.6. The molecule has 0 fully saturated rings. The van der Waals surface area contributed by atoms with E-state index in [1.807, 2.05) is 71.6 Å². The fraction of sp³-hybridized carbons (Fsp3) is 0.462. The quantitative estimate of drug-likeness (QED) is 0.274. The molecule has 2 aromatic carbocycles. The first-order valence-corrected chi connectivity index (χ1v) is 15.1. The molecule has 0 aliphatic heterocycles. The van der Waals surface area contributed by atoms with Crippen molar-refractivity contribution in [2.45, 2.75) is 59.8 Å². The first-order valence-electron chi connectivity index (χ1n) is 12.0. The standard InChI is InChI=1S/C11H16N2O4S.C11H15NO2S.2C2H6/c1-9-8-10(4-5-11(9)12-2)13(3)6-7-17-18(14,15)16;1-4-7-15(13,14)10-5-6-11(12-3)9(2)8-10;2*1-2/h4-5,8H,2,6-7H2,1,3H3,(H,14,15,16);5-6,8H,3-4,7H2,1-2H3;2*1-2H3.